The van der Waals surface area contributed by atoms with E-state index >= 15 is 0 Å². The lowest BCUT2D eigenvalue weighted by molar-refractivity contribution is 0.100. The quantitative estimate of drug-likeness (QED) is 0.353. The van der Waals surface area contributed by atoms with Gasteiger partial charge in [0.15, 0.2) is 21.5 Å². The molecule has 39 heavy (non-hydrogen) atoms. The molecule has 2 aliphatic rings. The average Bonchev–Trinajstić information content (AvgIpc) is 3.02. The van der Waals surface area contributed by atoms with Gasteiger partial charge in [0.1, 0.15) is 10.6 Å². The first-order valence-electron chi connectivity index (χ1n) is 12.3. The smallest absolute Gasteiger partial charge is 0.280 e. The van der Waals surface area contributed by atoms with E-state index in [1.165, 1.54) is 23.8 Å². The van der Waals surface area contributed by atoms with E-state index < -0.39 is 21.7 Å². The number of halogens is 1. The molecule has 1 saturated heterocycles. The second-order valence-electron chi connectivity index (χ2n) is 9.46. The van der Waals surface area contributed by atoms with Gasteiger partial charge in [0.05, 0.1) is 10.8 Å². The molecule has 2 heterocycles. The number of anilines is 1. The lowest BCUT2D eigenvalue weighted by Crippen LogP contribution is -2.46. The van der Waals surface area contributed by atoms with Gasteiger partial charge in [-0.05, 0) is 29.8 Å². The molecule has 11 heteroatoms. The third-order valence-electron chi connectivity index (χ3n) is 6.76. The molecule has 1 fully saturated rings. The number of benzene rings is 3. The molecular weight excluding hydrogens is 538 g/mol. The Morgan fingerprint density at radius 2 is 1.77 bits per heavy atom. The van der Waals surface area contributed by atoms with Crippen LogP contribution in [0.3, 0.4) is 0 Å². The molecule has 0 aliphatic carbocycles. The van der Waals surface area contributed by atoms with Gasteiger partial charge in [-0.15, -0.1) is 0 Å². The van der Waals surface area contributed by atoms with Crippen molar-refractivity contribution in [3.05, 3.63) is 88.5 Å². The molecule has 0 radical (unpaired) electrons. The molecule has 3 aromatic carbocycles. The Bertz CT molecular complexity index is 1580. The van der Waals surface area contributed by atoms with Crippen LogP contribution >= 0.6 is 11.6 Å². The predicted octanol–water partition coefficient (Wildman–Crippen LogP) is 3.80. The molecule has 0 atom stereocenters. The van der Waals surface area contributed by atoms with Gasteiger partial charge in [-0.1, -0.05) is 54.6 Å². The highest BCUT2D eigenvalue weighted by molar-refractivity contribution is 7.90. The summed E-state index contributed by atoms with van der Waals surface area (Å²) in [5.41, 5.74) is 13.5. The summed E-state index contributed by atoms with van der Waals surface area (Å²) in [4.78, 5) is 20.4. The zero-order valence-electron chi connectivity index (χ0n) is 21.1. The molecule has 0 aromatic heterocycles. The van der Waals surface area contributed by atoms with Gasteiger partial charge in [0, 0.05) is 55.1 Å². The van der Waals surface area contributed by atoms with E-state index in [4.69, 9.17) is 27.8 Å². The maximum atomic E-state index is 13.6. The number of fused-ring (bicyclic) bond motifs is 2. The average molecular weight is 566 g/mol. The Kier molecular flexibility index (Phi) is 7.35. The zero-order chi connectivity index (χ0) is 27.7. The summed E-state index contributed by atoms with van der Waals surface area (Å²) in [5, 5.41) is 0.299. The van der Waals surface area contributed by atoms with Crippen molar-refractivity contribution in [2.24, 2.45) is 16.5 Å². The van der Waals surface area contributed by atoms with Crippen molar-refractivity contribution in [2.75, 3.05) is 31.1 Å². The molecule has 0 spiro atoms. The Hall–Kier alpha value is -3.86. The van der Waals surface area contributed by atoms with Crippen LogP contribution in [0.1, 0.15) is 27.0 Å². The first-order chi connectivity index (χ1) is 18.6. The summed E-state index contributed by atoms with van der Waals surface area (Å²) in [6.07, 6.45) is 1.41. The predicted molar refractivity (Wildman–Crippen MR) is 153 cm³/mol. The Morgan fingerprint density at radius 1 is 1.05 bits per heavy atom. The van der Waals surface area contributed by atoms with E-state index in [9.17, 15) is 13.2 Å². The molecule has 1 amide bonds. The van der Waals surface area contributed by atoms with Gasteiger partial charge < -0.3 is 21.1 Å². The minimum atomic E-state index is -3.94. The number of sulfone groups is 1. The van der Waals surface area contributed by atoms with Crippen molar-refractivity contribution >= 4 is 45.1 Å². The second kappa shape index (κ2) is 10.7. The van der Waals surface area contributed by atoms with Crippen LogP contribution in [0.15, 0.2) is 71.1 Å². The van der Waals surface area contributed by atoms with Crippen LogP contribution in [0, 0.1) is 0 Å². The normalized spacial score (nSPS) is 16.3. The number of aliphatic imine (C=N–C) groups is 1. The lowest BCUT2D eigenvalue weighted by Gasteiger charge is -2.36. The minimum Gasteiger partial charge on any atom is -0.453 e. The van der Waals surface area contributed by atoms with Crippen molar-refractivity contribution in [1.82, 2.24) is 4.90 Å². The van der Waals surface area contributed by atoms with Crippen molar-refractivity contribution in [3.8, 4) is 11.5 Å². The number of guanidine groups is 1. The SMILES string of the molecule is C=Cc1cc(C(=O)N=C(N)N)cc2c1Oc1c(Cl)cc(N3CCN(Cc4ccccc4)CC3)cc1CS2(=O)=O. The van der Waals surface area contributed by atoms with E-state index in [-0.39, 0.29) is 27.7 Å². The highest BCUT2D eigenvalue weighted by Gasteiger charge is 2.32. The van der Waals surface area contributed by atoms with Crippen LogP contribution < -0.4 is 21.1 Å². The Morgan fingerprint density at radius 3 is 2.44 bits per heavy atom. The monoisotopic (exact) mass is 565 g/mol. The van der Waals surface area contributed by atoms with Crippen molar-refractivity contribution in [3.63, 3.8) is 0 Å². The highest BCUT2D eigenvalue weighted by Crippen LogP contribution is 2.45. The molecule has 0 bridgehead atoms. The van der Waals surface area contributed by atoms with Crippen LogP contribution in [-0.4, -0.2) is 51.4 Å². The van der Waals surface area contributed by atoms with E-state index in [0.717, 1.165) is 38.4 Å². The number of amides is 1. The maximum Gasteiger partial charge on any atom is 0.280 e. The van der Waals surface area contributed by atoms with Crippen molar-refractivity contribution < 1.29 is 17.9 Å². The van der Waals surface area contributed by atoms with E-state index in [1.807, 2.05) is 24.3 Å². The number of hydrogen-bond donors (Lipinski definition) is 2. The second-order valence-corrected chi connectivity index (χ2v) is 11.8. The number of carbonyl (C=O) groups is 1. The molecule has 5 rings (SSSR count). The summed E-state index contributed by atoms with van der Waals surface area (Å²) < 4.78 is 33.3. The van der Waals surface area contributed by atoms with Crippen LogP contribution in [0.2, 0.25) is 5.02 Å². The summed E-state index contributed by atoms with van der Waals surface area (Å²) >= 11 is 6.69. The van der Waals surface area contributed by atoms with Crippen molar-refractivity contribution in [1.29, 1.82) is 0 Å². The molecule has 3 aromatic rings. The number of piperazine rings is 1. The summed E-state index contributed by atoms with van der Waals surface area (Å²) in [6.45, 7) is 7.89. The minimum absolute atomic E-state index is 0.00431. The summed E-state index contributed by atoms with van der Waals surface area (Å²) in [6, 6.07) is 16.6. The first-order valence-corrected chi connectivity index (χ1v) is 14.4. The maximum absolute atomic E-state index is 13.6. The van der Waals surface area contributed by atoms with Crippen LogP contribution in [-0.2, 0) is 22.1 Å². The molecule has 0 unspecified atom stereocenters. The van der Waals surface area contributed by atoms with E-state index in [0.29, 0.717) is 16.1 Å². The molecule has 202 valence electrons. The molecule has 0 saturated carbocycles. The van der Waals surface area contributed by atoms with Gasteiger partial charge in [-0.2, -0.15) is 4.99 Å². The van der Waals surface area contributed by atoms with Gasteiger partial charge in [-0.25, -0.2) is 8.42 Å². The van der Waals surface area contributed by atoms with Crippen LogP contribution in [0.5, 0.6) is 11.5 Å². The van der Waals surface area contributed by atoms with Crippen LogP contribution in [0.25, 0.3) is 6.08 Å². The Balaban J connectivity index is 1.43. The fourth-order valence-corrected chi connectivity index (χ4v) is 6.65. The third kappa shape index (κ3) is 5.63. The van der Waals surface area contributed by atoms with E-state index in [2.05, 4.69) is 33.5 Å². The lowest BCUT2D eigenvalue weighted by atomic mass is 10.1. The van der Waals surface area contributed by atoms with Gasteiger partial charge in [0.2, 0.25) is 0 Å². The number of nitrogens with two attached hydrogens (primary N) is 2. The topological polar surface area (TPSA) is 131 Å². The Labute approximate surface area is 232 Å². The number of hydrogen-bond acceptors (Lipinski definition) is 6. The number of ether oxygens (including phenoxy) is 1. The van der Waals surface area contributed by atoms with Crippen LogP contribution in [0.4, 0.5) is 5.69 Å². The largest absolute Gasteiger partial charge is 0.453 e. The molecule has 9 nitrogen and oxygen atoms in total. The summed E-state index contributed by atoms with van der Waals surface area (Å²) in [5.74, 6) is -1.25. The van der Waals surface area contributed by atoms with Gasteiger partial charge in [-0.3, -0.25) is 9.69 Å². The standard InChI is InChI=1S/C28H28ClN5O4S/c1-2-19-12-20(27(35)32-28(30)31)14-24-26(19)38-25-21(17-39(24,36)37)13-22(15-23(25)29)34-10-8-33(9-11-34)16-18-6-4-3-5-7-18/h2-7,12-15H,1,8-11,16-17H2,(H4,30,31,32,35). The molecule has 4 N–H and O–H groups in total. The van der Waals surface area contributed by atoms with Gasteiger partial charge >= 0.3 is 0 Å². The fourth-order valence-electron chi connectivity index (χ4n) is 4.85. The number of nitrogens with zero attached hydrogens (tertiary/aromatic N) is 3. The van der Waals surface area contributed by atoms with Crippen molar-refractivity contribution in [2.45, 2.75) is 17.2 Å². The number of carbonyl (C=O) groups excluding carboxylic acids is 1. The third-order valence-corrected chi connectivity index (χ3v) is 8.70. The zero-order valence-corrected chi connectivity index (χ0v) is 22.7. The summed E-state index contributed by atoms with van der Waals surface area (Å²) in [7, 11) is -3.94. The first kappa shape index (κ1) is 26.7. The van der Waals surface area contributed by atoms with E-state index in [1.54, 1.807) is 6.07 Å². The molecular formula is C28H28ClN5O4S. The highest BCUT2D eigenvalue weighted by atomic mass is 35.5. The fraction of sp³-hybridized carbons (Fsp3) is 0.214. The number of rotatable bonds is 5. The molecule has 2 aliphatic heterocycles. The van der Waals surface area contributed by atoms with Gasteiger partial charge in [0.25, 0.3) is 5.91 Å².